The van der Waals surface area contributed by atoms with E-state index < -0.39 is 35.9 Å². The third-order valence-electron chi connectivity index (χ3n) is 8.01. The van der Waals surface area contributed by atoms with Gasteiger partial charge in [-0.1, -0.05) is 57.5 Å². The molecule has 6 unspecified atom stereocenters. The van der Waals surface area contributed by atoms with Gasteiger partial charge in [-0.2, -0.15) is 11.8 Å². The Morgan fingerprint density at radius 3 is 2.37 bits per heavy atom. The van der Waals surface area contributed by atoms with Crippen LogP contribution in [0.5, 0.6) is 0 Å². The van der Waals surface area contributed by atoms with Crippen molar-refractivity contribution >= 4 is 41.6 Å². The molecular formula is C31H48N4O5S. The van der Waals surface area contributed by atoms with Crippen LogP contribution in [0.4, 0.5) is 0 Å². The van der Waals surface area contributed by atoms with Crippen molar-refractivity contribution in [2.45, 2.75) is 90.4 Å². The van der Waals surface area contributed by atoms with E-state index in [1.165, 1.54) is 0 Å². The van der Waals surface area contributed by atoms with Gasteiger partial charge < -0.3 is 21.3 Å². The van der Waals surface area contributed by atoms with Gasteiger partial charge in [0.25, 0.3) is 0 Å². The molecule has 41 heavy (non-hydrogen) atoms. The molecule has 10 heteroatoms. The van der Waals surface area contributed by atoms with Crippen LogP contribution in [-0.4, -0.2) is 77.4 Å². The van der Waals surface area contributed by atoms with E-state index in [1.807, 2.05) is 57.4 Å². The van der Waals surface area contributed by atoms with Gasteiger partial charge in [0.15, 0.2) is 5.78 Å². The van der Waals surface area contributed by atoms with Crippen molar-refractivity contribution in [3.63, 3.8) is 0 Å². The number of carbonyl (C=O) groups is 5. The normalized spacial score (nSPS) is 19.9. The minimum atomic E-state index is -0.804. The summed E-state index contributed by atoms with van der Waals surface area (Å²) in [7, 11) is 0. The first-order chi connectivity index (χ1) is 19.6. The first kappa shape index (κ1) is 34.5. The van der Waals surface area contributed by atoms with Crippen molar-refractivity contribution in [2.75, 3.05) is 18.6 Å². The molecule has 1 heterocycles. The number of nitrogens with two attached hydrogens (primary N) is 1. The number of hydrogen-bond acceptors (Lipinski definition) is 7. The predicted octanol–water partition coefficient (Wildman–Crippen LogP) is 2.75. The summed E-state index contributed by atoms with van der Waals surface area (Å²) in [5.41, 5.74) is 6.60. The maximum absolute atomic E-state index is 14.3. The van der Waals surface area contributed by atoms with Crippen LogP contribution in [0.1, 0.15) is 65.4 Å². The van der Waals surface area contributed by atoms with Crippen LogP contribution >= 0.6 is 11.8 Å². The highest BCUT2D eigenvalue weighted by Gasteiger charge is 2.46. The summed E-state index contributed by atoms with van der Waals surface area (Å²) in [6.45, 7) is 7.91. The quantitative estimate of drug-likeness (QED) is 0.167. The summed E-state index contributed by atoms with van der Waals surface area (Å²) in [5.74, 6) is -1.42. The lowest BCUT2D eigenvalue weighted by Gasteiger charge is -2.34. The molecule has 6 atom stereocenters. The van der Waals surface area contributed by atoms with Gasteiger partial charge in [-0.3, -0.25) is 24.0 Å². The minimum Gasteiger partial charge on any atom is -0.347 e. The van der Waals surface area contributed by atoms with E-state index in [1.54, 1.807) is 23.6 Å². The van der Waals surface area contributed by atoms with Crippen LogP contribution < -0.4 is 16.4 Å². The second-order valence-electron chi connectivity index (χ2n) is 11.4. The molecular weight excluding hydrogens is 540 g/mol. The van der Waals surface area contributed by atoms with Gasteiger partial charge in [-0.15, -0.1) is 0 Å². The number of Topliss-reactive ketones (excluding diaryl/α,β-unsaturated/α-hetero) is 2. The number of benzene rings is 1. The van der Waals surface area contributed by atoms with E-state index >= 15 is 0 Å². The highest BCUT2D eigenvalue weighted by atomic mass is 32.2. The first-order valence-electron chi connectivity index (χ1n) is 14.7. The van der Waals surface area contributed by atoms with Crippen molar-refractivity contribution < 1.29 is 24.0 Å². The minimum absolute atomic E-state index is 0.0474. The molecule has 4 N–H and O–H groups in total. The second-order valence-corrected chi connectivity index (χ2v) is 12.3. The molecule has 228 valence electrons. The zero-order valence-electron chi connectivity index (χ0n) is 25.1. The van der Waals surface area contributed by atoms with E-state index in [0.29, 0.717) is 44.4 Å². The van der Waals surface area contributed by atoms with Crippen molar-refractivity contribution in [2.24, 2.45) is 23.5 Å². The number of thioether (sulfide) groups is 1. The number of carbonyl (C=O) groups excluding carboxylic acids is 5. The van der Waals surface area contributed by atoms with E-state index in [-0.39, 0.29) is 29.4 Å². The summed E-state index contributed by atoms with van der Waals surface area (Å²) in [6.07, 6.45) is 5.60. The first-order valence-corrected chi connectivity index (χ1v) is 16.1. The number of hydrogen-bond donors (Lipinski definition) is 3. The van der Waals surface area contributed by atoms with E-state index in [9.17, 15) is 24.0 Å². The largest absolute Gasteiger partial charge is 0.347 e. The molecule has 0 bridgehead atoms. The topological polar surface area (TPSA) is 139 Å². The molecule has 1 aliphatic heterocycles. The Labute approximate surface area is 249 Å². The maximum atomic E-state index is 14.3. The average molecular weight is 589 g/mol. The van der Waals surface area contributed by atoms with E-state index in [4.69, 9.17) is 5.73 Å². The fourth-order valence-corrected chi connectivity index (χ4v) is 6.14. The lowest BCUT2D eigenvalue weighted by molar-refractivity contribution is -0.143. The van der Waals surface area contributed by atoms with Gasteiger partial charge in [-0.05, 0) is 63.1 Å². The maximum Gasteiger partial charge on any atom is 0.246 e. The fraction of sp³-hybridized carbons (Fsp3) is 0.645. The zero-order chi connectivity index (χ0) is 30.5. The van der Waals surface area contributed by atoms with Gasteiger partial charge in [0.2, 0.25) is 18.2 Å². The number of likely N-dealkylation sites (tertiary alicyclic amines) is 1. The number of amides is 3. The molecule has 0 aromatic heterocycles. The summed E-state index contributed by atoms with van der Waals surface area (Å²) >= 11 is 1.56. The molecule has 2 rings (SSSR count). The molecule has 1 saturated heterocycles. The molecule has 1 aliphatic rings. The summed E-state index contributed by atoms with van der Waals surface area (Å²) in [5, 5.41) is 5.37. The molecule has 9 nitrogen and oxygen atoms in total. The van der Waals surface area contributed by atoms with Crippen LogP contribution in [0.3, 0.4) is 0 Å². The Kier molecular flexibility index (Phi) is 14.5. The predicted molar refractivity (Wildman–Crippen MR) is 163 cm³/mol. The molecule has 3 amide bonds. The molecule has 1 aromatic carbocycles. The summed E-state index contributed by atoms with van der Waals surface area (Å²) < 4.78 is 0. The van der Waals surface area contributed by atoms with Gasteiger partial charge >= 0.3 is 0 Å². The van der Waals surface area contributed by atoms with Gasteiger partial charge in [0.1, 0.15) is 17.9 Å². The SMILES string of the molecule is CSCCC(NC=O)C(=O)NC1CC(C)N(C(Cc2ccccc2)C(=O)C(C)C(CCCCN)C(=O)C(C)C)C1=O. The Morgan fingerprint density at radius 1 is 1.10 bits per heavy atom. The molecule has 1 aromatic rings. The Morgan fingerprint density at radius 2 is 1.78 bits per heavy atom. The molecule has 0 aliphatic carbocycles. The van der Waals surface area contributed by atoms with Crippen molar-refractivity contribution in [1.82, 2.24) is 15.5 Å². The third-order valence-corrected chi connectivity index (χ3v) is 8.65. The smallest absolute Gasteiger partial charge is 0.246 e. The number of rotatable bonds is 19. The zero-order valence-corrected chi connectivity index (χ0v) is 26.0. The number of nitrogens with zero attached hydrogens (tertiary/aromatic N) is 1. The Balaban J connectivity index is 2.36. The highest BCUT2D eigenvalue weighted by Crippen LogP contribution is 2.30. The van der Waals surface area contributed by atoms with Crippen molar-refractivity contribution in [3.05, 3.63) is 35.9 Å². The van der Waals surface area contributed by atoms with Crippen molar-refractivity contribution in [1.29, 1.82) is 0 Å². The Hall–Kier alpha value is -2.72. The standard InChI is InChI=1S/C31H48N4O5S/c1-20(2)28(37)24(13-9-10-15-32)22(4)29(38)27(18-23-11-7-6-8-12-23)35-21(3)17-26(31(35)40)34-30(39)25(33-19-36)14-16-41-5/h6-8,11-12,19-22,24-27H,9-10,13-18,32H2,1-5H3,(H,33,36)(H,34,39). The van der Waals surface area contributed by atoms with Crippen LogP contribution in [0.25, 0.3) is 0 Å². The fourth-order valence-electron chi connectivity index (χ4n) is 5.66. The lowest BCUT2D eigenvalue weighted by Crippen LogP contribution is -2.53. The molecule has 0 saturated carbocycles. The molecule has 0 radical (unpaired) electrons. The van der Waals surface area contributed by atoms with Gasteiger partial charge in [-0.25, -0.2) is 0 Å². The second kappa shape index (κ2) is 17.3. The molecule has 1 fully saturated rings. The Bertz CT molecular complexity index is 1020. The van der Waals surface area contributed by atoms with E-state index in [0.717, 1.165) is 18.4 Å². The van der Waals surface area contributed by atoms with Crippen LogP contribution in [0.2, 0.25) is 0 Å². The number of unbranched alkanes of at least 4 members (excludes halogenated alkanes) is 1. The van der Waals surface area contributed by atoms with Crippen molar-refractivity contribution in [3.8, 4) is 0 Å². The summed E-state index contributed by atoms with van der Waals surface area (Å²) in [4.78, 5) is 67.0. The van der Waals surface area contributed by atoms with Gasteiger partial charge in [0, 0.05) is 23.8 Å². The van der Waals surface area contributed by atoms with Crippen LogP contribution in [0.15, 0.2) is 30.3 Å². The summed E-state index contributed by atoms with van der Waals surface area (Å²) in [6, 6.07) is 6.90. The third kappa shape index (κ3) is 9.67. The highest BCUT2D eigenvalue weighted by molar-refractivity contribution is 7.98. The lowest BCUT2D eigenvalue weighted by atomic mass is 9.77. The van der Waals surface area contributed by atoms with Crippen LogP contribution in [-0.2, 0) is 30.4 Å². The monoisotopic (exact) mass is 588 g/mol. The molecule has 0 spiro atoms. The van der Waals surface area contributed by atoms with E-state index in [2.05, 4.69) is 10.6 Å². The number of ketones is 2. The average Bonchev–Trinajstić information content (AvgIpc) is 3.23. The van der Waals surface area contributed by atoms with Gasteiger partial charge in [0.05, 0.1) is 6.04 Å². The van der Waals surface area contributed by atoms with Crippen LogP contribution in [0, 0.1) is 17.8 Å². The number of nitrogens with one attached hydrogen (secondary N) is 2.